The molecular weight excluding hydrogens is 395 g/mol. The second-order valence-corrected chi connectivity index (χ2v) is 7.82. The van der Waals surface area contributed by atoms with Gasteiger partial charge in [0.15, 0.2) is 0 Å². The molecule has 1 aliphatic heterocycles. The third kappa shape index (κ3) is 3.63. The molecule has 1 aliphatic rings. The number of nitrogens with zero attached hydrogens (tertiary/aromatic N) is 2. The van der Waals surface area contributed by atoms with Crippen LogP contribution in [0.25, 0.3) is 22.2 Å². The summed E-state index contributed by atoms with van der Waals surface area (Å²) in [6, 6.07) is 10.4. The van der Waals surface area contributed by atoms with Gasteiger partial charge in [0, 0.05) is 41.0 Å². The molecule has 4 aromatic rings. The Kier molecular flexibility index (Phi) is 4.66. The van der Waals surface area contributed by atoms with E-state index < -0.39 is 0 Å². The van der Waals surface area contributed by atoms with Gasteiger partial charge in [0.2, 0.25) is 0 Å². The molecule has 6 nitrogen and oxygen atoms in total. The summed E-state index contributed by atoms with van der Waals surface area (Å²) < 4.78 is 20.5. The molecule has 1 atom stereocenters. The number of H-pyrrole nitrogens is 1. The molecule has 1 amide bonds. The van der Waals surface area contributed by atoms with Gasteiger partial charge in [-0.15, -0.1) is 0 Å². The van der Waals surface area contributed by atoms with Crippen molar-refractivity contribution in [3.8, 4) is 17.0 Å². The number of hydrogen-bond donors (Lipinski definition) is 2. The molecule has 3 heterocycles. The van der Waals surface area contributed by atoms with Crippen LogP contribution in [0.3, 0.4) is 0 Å². The van der Waals surface area contributed by atoms with Crippen LogP contribution in [-0.2, 0) is 6.42 Å². The molecule has 0 radical (unpaired) electrons. The number of aromatic nitrogens is 3. The van der Waals surface area contributed by atoms with Gasteiger partial charge in [-0.25, -0.2) is 9.37 Å². The molecule has 0 spiro atoms. The normalized spacial score (nSPS) is 15.0. The summed E-state index contributed by atoms with van der Waals surface area (Å²) in [5, 5.41) is 3.98. The van der Waals surface area contributed by atoms with Crippen LogP contribution < -0.4 is 10.1 Å². The molecule has 0 unspecified atom stereocenters. The lowest BCUT2D eigenvalue weighted by atomic mass is 10.0. The molecule has 0 fully saturated rings. The number of hydrogen-bond acceptors (Lipinski definition) is 4. The highest BCUT2D eigenvalue weighted by Crippen LogP contribution is 2.39. The van der Waals surface area contributed by atoms with Gasteiger partial charge in [-0.3, -0.25) is 9.78 Å². The van der Waals surface area contributed by atoms with E-state index >= 15 is 0 Å². The van der Waals surface area contributed by atoms with Crippen molar-refractivity contribution < 1.29 is 13.9 Å². The molecule has 156 valence electrons. The summed E-state index contributed by atoms with van der Waals surface area (Å²) in [5.41, 5.74) is 4.91. The van der Waals surface area contributed by atoms with E-state index in [1.165, 1.54) is 12.1 Å². The number of carbonyl (C=O) groups is 1. The Morgan fingerprint density at radius 2 is 2.13 bits per heavy atom. The van der Waals surface area contributed by atoms with E-state index in [4.69, 9.17) is 4.74 Å². The quantitative estimate of drug-likeness (QED) is 0.525. The van der Waals surface area contributed by atoms with E-state index in [1.54, 1.807) is 12.3 Å². The van der Waals surface area contributed by atoms with Gasteiger partial charge in [-0.1, -0.05) is 6.07 Å². The smallest absolute Gasteiger partial charge is 0.251 e. The van der Waals surface area contributed by atoms with Crippen molar-refractivity contribution in [3.05, 3.63) is 77.1 Å². The fraction of sp³-hybridized carbons (Fsp3) is 0.208. The van der Waals surface area contributed by atoms with Crippen molar-refractivity contribution in [1.82, 2.24) is 20.3 Å². The summed E-state index contributed by atoms with van der Waals surface area (Å²) in [4.78, 5) is 24.6. The molecule has 0 aliphatic carbocycles. The number of rotatable bonds is 4. The first kappa shape index (κ1) is 19.2. The van der Waals surface area contributed by atoms with Gasteiger partial charge < -0.3 is 15.0 Å². The summed E-state index contributed by atoms with van der Waals surface area (Å²) in [5.74, 6) is 0.0864. The Balaban J connectivity index is 1.34. The van der Waals surface area contributed by atoms with E-state index in [0.29, 0.717) is 41.2 Å². The number of benzene rings is 2. The Labute approximate surface area is 178 Å². The van der Waals surface area contributed by atoms with Crippen molar-refractivity contribution in [2.24, 2.45) is 0 Å². The van der Waals surface area contributed by atoms with Crippen LogP contribution in [-0.4, -0.2) is 33.5 Å². The van der Waals surface area contributed by atoms with E-state index in [2.05, 4.69) is 20.3 Å². The number of aryl methyl sites for hydroxylation is 2. The highest BCUT2D eigenvalue weighted by atomic mass is 19.1. The Morgan fingerprint density at radius 3 is 3.00 bits per heavy atom. The van der Waals surface area contributed by atoms with E-state index in [9.17, 15) is 9.18 Å². The fourth-order valence-corrected chi connectivity index (χ4v) is 3.97. The molecule has 0 saturated heterocycles. The third-order valence-electron chi connectivity index (χ3n) is 5.50. The Hall–Kier alpha value is -3.74. The highest BCUT2D eigenvalue weighted by Gasteiger charge is 2.28. The zero-order valence-corrected chi connectivity index (χ0v) is 17.2. The van der Waals surface area contributed by atoms with Crippen molar-refractivity contribution >= 4 is 16.8 Å². The first-order valence-corrected chi connectivity index (χ1v) is 10.1. The van der Waals surface area contributed by atoms with Crippen LogP contribution in [0.15, 0.2) is 48.8 Å². The maximum absolute atomic E-state index is 14.3. The van der Waals surface area contributed by atoms with Crippen LogP contribution in [0.4, 0.5) is 4.39 Å². The Bertz CT molecular complexity index is 1310. The summed E-state index contributed by atoms with van der Waals surface area (Å²) >= 11 is 0. The predicted molar refractivity (Wildman–Crippen MR) is 116 cm³/mol. The fourth-order valence-electron chi connectivity index (χ4n) is 3.97. The lowest BCUT2D eigenvalue weighted by Gasteiger charge is -2.14. The van der Waals surface area contributed by atoms with Gasteiger partial charge in [0.1, 0.15) is 17.7 Å². The maximum Gasteiger partial charge on any atom is 0.251 e. The van der Waals surface area contributed by atoms with E-state index in [0.717, 1.165) is 22.2 Å². The van der Waals surface area contributed by atoms with Crippen LogP contribution >= 0.6 is 0 Å². The molecule has 0 saturated carbocycles. The second-order valence-electron chi connectivity index (χ2n) is 7.82. The van der Waals surface area contributed by atoms with Crippen LogP contribution in [0, 0.1) is 19.7 Å². The molecule has 2 aromatic heterocycles. The number of ether oxygens (including phenoxy) is 1. The van der Waals surface area contributed by atoms with Crippen LogP contribution in [0.2, 0.25) is 0 Å². The number of nitrogens with one attached hydrogen (secondary N) is 2. The van der Waals surface area contributed by atoms with Gasteiger partial charge >= 0.3 is 0 Å². The minimum atomic E-state index is -0.344. The average molecular weight is 416 g/mol. The zero-order valence-electron chi connectivity index (χ0n) is 17.2. The number of halogens is 1. The van der Waals surface area contributed by atoms with Crippen LogP contribution in [0.5, 0.6) is 5.75 Å². The lowest BCUT2D eigenvalue weighted by Crippen LogP contribution is -2.34. The average Bonchev–Trinajstić information content (AvgIpc) is 3.39. The number of aromatic amines is 1. The molecule has 2 aromatic carbocycles. The molecule has 7 heteroatoms. The lowest BCUT2D eigenvalue weighted by molar-refractivity contribution is 0.0934. The van der Waals surface area contributed by atoms with Gasteiger partial charge in [0.05, 0.1) is 23.6 Å². The third-order valence-corrected chi connectivity index (χ3v) is 5.50. The first-order chi connectivity index (χ1) is 15.0. The minimum Gasteiger partial charge on any atom is -0.487 e. The van der Waals surface area contributed by atoms with Gasteiger partial charge in [-0.2, -0.15) is 0 Å². The van der Waals surface area contributed by atoms with E-state index in [-0.39, 0.29) is 17.8 Å². The highest BCUT2D eigenvalue weighted by molar-refractivity contribution is 5.97. The first-order valence-electron chi connectivity index (χ1n) is 10.1. The number of carbonyl (C=O) groups excluding carboxylic acids is 1. The van der Waals surface area contributed by atoms with Crippen molar-refractivity contribution in [2.45, 2.75) is 26.4 Å². The molecule has 31 heavy (non-hydrogen) atoms. The molecule has 5 rings (SSSR count). The second kappa shape index (κ2) is 7.50. The van der Waals surface area contributed by atoms with Crippen molar-refractivity contribution in [3.63, 3.8) is 0 Å². The number of fused-ring (bicyclic) bond motifs is 2. The number of amides is 1. The van der Waals surface area contributed by atoms with Crippen molar-refractivity contribution in [2.75, 3.05) is 6.54 Å². The minimum absolute atomic E-state index is 0.178. The maximum atomic E-state index is 14.3. The van der Waals surface area contributed by atoms with Crippen molar-refractivity contribution in [1.29, 1.82) is 0 Å². The zero-order chi connectivity index (χ0) is 21.5. The summed E-state index contributed by atoms with van der Waals surface area (Å²) in [6.07, 6.45) is 3.75. The van der Waals surface area contributed by atoms with Gasteiger partial charge in [0.25, 0.3) is 5.91 Å². The monoisotopic (exact) mass is 416 g/mol. The topological polar surface area (TPSA) is 79.9 Å². The van der Waals surface area contributed by atoms with Crippen LogP contribution in [0.1, 0.15) is 27.3 Å². The van der Waals surface area contributed by atoms with Gasteiger partial charge in [-0.05, 0) is 49.6 Å². The molecule has 2 N–H and O–H groups in total. The summed E-state index contributed by atoms with van der Waals surface area (Å²) in [6.45, 7) is 4.00. The Morgan fingerprint density at radius 1 is 1.26 bits per heavy atom. The summed E-state index contributed by atoms with van der Waals surface area (Å²) in [7, 11) is 0. The van der Waals surface area contributed by atoms with E-state index in [1.807, 2.05) is 38.2 Å². The molecule has 0 bridgehead atoms. The largest absolute Gasteiger partial charge is 0.487 e. The SMILES string of the molecule is Cc1cnc(C)c(-c2cc(F)cc3c2O[C@H](CNC(=O)c2ccc4cc[nH]c4c2)C3)n1. The standard InChI is InChI=1S/C24H21FN4O2/c1-13-11-27-14(2)22(29-13)20-10-18(25)7-17-8-19(31-23(17)20)12-28-24(30)16-4-3-15-5-6-26-21(15)9-16/h3-7,9-11,19,26H,8,12H2,1-2H3,(H,28,30)/t19-/m0/s1. The molecular formula is C24H21FN4O2. The predicted octanol–water partition coefficient (Wildman–Crippen LogP) is 4.11.